The minimum Gasteiger partial charge on any atom is -0.316 e. The van der Waals surface area contributed by atoms with Crippen LogP contribution in [0, 0.1) is 5.92 Å². The van der Waals surface area contributed by atoms with Gasteiger partial charge in [-0.2, -0.15) is 17.4 Å². The number of nitrogens with zero attached hydrogens (tertiary/aromatic N) is 1. The lowest BCUT2D eigenvalue weighted by Gasteiger charge is -2.30. The summed E-state index contributed by atoms with van der Waals surface area (Å²) in [7, 11) is -1.84. The molecule has 1 aliphatic rings. The number of hydrogen-bond acceptors (Lipinski definition) is 3. The van der Waals surface area contributed by atoms with Crippen molar-refractivity contribution in [3.05, 3.63) is 35.9 Å². The molecule has 1 aromatic carbocycles. The Hall–Kier alpha value is -0.950. The van der Waals surface area contributed by atoms with E-state index in [1.807, 2.05) is 37.3 Å². The predicted octanol–water partition coefficient (Wildman–Crippen LogP) is 1.34. The first-order chi connectivity index (χ1) is 9.99. The minimum atomic E-state index is -3.45. The fourth-order valence-corrected chi connectivity index (χ4v) is 3.81. The molecule has 1 aliphatic heterocycles. The van der Waals surface area contributed by atoms with Crippen LogP contribution < -0.4 is 10.0 Å². The molecule has 1 saturated heterocycles. The smallest absolute Gasteiger partial charge is 0.279 e. The Kier molecular flexibility index (Phi) is 5.75. The van der Waals surface area contributed by atoms with Crippen LogP contribution >= 0.6 is 0 Å². The van der Waals surface area contributed by atoms with Crippen molar-refractivity contribution >= 4 is 10.2 Å². The Morgan fingerprint density at radius 3 is 2.71 bits per heavy atom. The van der Waals surface area contributed by atoms with Gasteiger partial charge in [0.1, 0.15) is 0 Å². The lowest BCUT2D eigenvalue weighted by Crippen LogP contribution is -2.48. The third kappa shape index (κ3) is 4.78. The standard InChI is InChI=1S/C15H25N3O2S/c1-13(15-9-6-10-16-11-15)17-21(19,20)18(2)12-14-7-4-3-5-8-14/h3-5,7-8,13,15-17H,6,9-12H2,1-2H3. The van der Waals surface area contributed by atoms with Crippen molar-refractivity contribution < 1.29 is 8.42 Å². The van der Waals surface area contributed by atoms with E-state index in [4.69, 9.17) is 0 Å². The van der Waals surface area contributed by atoms with E-state index in [1.165, 1.54) is 4.31 Å². The largest absolute Gasteiger partial charge is 0.316 e. The molecule has 2 rings (SSSR count). The van der Waals surface area contributed by atoms with Crippen LogP contribution in [0.4, 0.5) is 0 Å². The topological polar surface area (TPSA) is 61.4 Å². The molecule has 0 saturated carbocycles. The van der Waals surface area contributed by atoms with Gasteiger partial charge in [0.05, 0.1) is 0 Å². The molecule has 2 unspecified atom stereocenters. The molecule has 21 heavy (non-hydrogen) atoms. The second-order valence-corrected chi connectivity index (χ2v) is 7.57. The molecule has 2 N–H and O–H groups in total. The summed E-state index contributed by atoms with van der Waals surface area (Å²) in [6, 6.07) is 9.56. The summed E-state index contributed by atoms with van der Waals surface area (Å²) in [5, 5.41) is 3.32. The highest BCUT2D eigenvalue weighted by Gasteiger charge is 2.26. The van der Waals surface area contributed by atoms with E-state index < -0.39 is 10.2 Å². The molecule has 0 radical (unpaired) electrons. The molecular weight excluding hydrogens is 286 g/mol. The van der Waals surface area contributed by atoms with E-state index in [-0.39, 0.29) is 6.04 Å². The normalized spacial score (nSPS) is 21.4. The minimum absolute atomic E-state index is 0.0546. The van der Waals surface area contributed by atoms with Gasteiger partial charge in [-0.1, -0.05) is 30.3 Å². The van der Waals surface area contributed by atoms with Crippen molar-refractivity contribution in [2.45, 2.75) is 32.4 Å². The van der Waals surface area contributed by atoms with Crippen molar-refractivity contribution in [2.75, 3.05) is 20.1 Å². The molecule has 1 aromatic rings. The number of benzene rings is 1. The van der Waals surface area contributed by atoms with E-state index in [1.54, 1.807) is 7.05 Å². The van der Waals surface area contributed by atoms with Crippen LogP contribution in [0.1, 0.15) is 25.3 Å². The molecule has 0 aliphatic carbocycles. The van der Waals surface area contributed by atoms with Crippen molar-refractivity contribution in [1.29, 1.82) is 0 Å². The summed E-state index contributed by atoms with van der Waals surface area (Å²) >= 11 is 0. The molecule has 0 spiro atoms. The quantitative estimate of drug-likeness (QED) is 0.833. The van der Waals surface area contributed by atoms with E-state index in [0.29, 0.717) is 12.5 Å². The monoisotopic (exact) mass is 311 g/mol. The SMILES string of the molecule is CC(NS(=O)(=O)N(C)Cc1ccccc1)C1CCCNC1. The Labute approximate surface area is 127 Å². The second kappa shape index (κ2) is 7.35. The van der Waals surface area contributed by atoms with E-state index in [0.717, 1.165) is 31.5 Å². The first-order valence-electron chi connectivity index (χ1n) is 7.47. The van der Waals surface area contributed by atoms with Crippen LogP contribution in [0.2, 0.25) is 0 Å². The van der Waals surface area contributed by atoms with Gasteiger partial charge in [0, 0.05) is 19.6 Å². The van der Waals surface area contributed by atoms with E-state index in [2.05, 4.69) is 10.0 Å². The Morgan fingerprint density at radius 2 is 2.10 bits per heavy atom. The first-order valence-corrected chi connectivity index (χ1v) is 8.91. The van der Waals surface area contributed by atoms with Gasteiger partial charge >= 0.3 is 0 Å². The zero-order valence-corrected chi connectivity index (χ0v) is 13.6. The third-order valence-electron chi connectivity index (χ3n) is 4.04. The van der Waals surface area contributed by atoms with Gasteiger partial charge < -0.3 is 5.32 Å². The zero-order valence-electron chi connectivity index (χ0n) is 12.7. The van der Waals surface area contributed by atoms with Gasteiger partial charge in [0.15, 0.2) is 0 Å². The van der Waals surface area contributed by atoms with Gasteiger partial charge in [0.2, 0.25) is 0 Å². The van der Waals surface area contributed by atoms with Crippen LogP contribution in [-0.4, -0.2) is 38.9 Å². The molecule has 0 aromatic heterocycles. The highest BCUT2D eigenvalue weighted by molar-refractivity contribution is 7.87. The van der Waals surface area contributed by atoms with Crippen molar-refractivity contribution in [1.82, 2.24) is 14.3 Å². The fourth-order valence-electron chi connectivity index (χ4n) is 2.65. The van der Waals surface area contributed by atoms with Crippen molar-refractivity contribution in [3.63, 3.8) is 0 Å². The lowest BCUT2D eigenvalue weighted by molar-refractivity contribution is 0.315. The molecular formula is C15H25N3O2S. The summed E-state index contributed by atoms with van der Waals surface area (Å²) < 4.78 is 28.9. The molecule has 1 fully saturated rings. The van der Waals surface area contributed by atoms with Gasteiger partial charge in [0.25, 0.3) is 10.2 Å². The summed E-state index contributed by atoms with van der Waals surface area (Å²) in [5.74, 6) is 0.360. The van der Waals surface area contributed by atoms with Crippen LogP contribution in [0.5, 0.6) is 0 Å². The highest BCUT2D eigenvalue weighted by atomic mass is 32.2. The maximum Gasteiger partial charge on any atom is 0.279 e. The van der Waals surface area contributed by atoms with Gasteiger partial charge in [-0.3, -0.25) is 0 Å². The Balaban J connectivity index is 1.93. The van der Waals surface area contributed by atoms with Crippen LogP contribution in [0.25, 0.3) is 0 Å². The van der Waals surface area contributed by atoms with E-state index >= 15 is 0 Å². The number of piperidine rings is 1. The van der Waals surface area contributed by atoms with Crippen LogP contribution in [0.15, 0.2) is 30.3 Å². The average Bonchev–Trinajstić information content (AvgIpc) is 2.48. The molecule has 2 atom stereocenters. The van der Waals surface area contributed by atoms with Crippen LogP contribution in [-0.2, 0) is 16.8 Å². The predicted molar refractivity (Wildman–Crippen MR) is 85.0 cm³/mol. The zero-order chi connectivity index (χ0) is 15.3. The summed E-state index contributed by atoms with van der Waals surface area (Å²) in [5.41, 5.74) is 0.984. The molecule has 1 heterocycles. The lowest BCUT2D eigenvalue weighted by atomic mass is 9.94. The highest BCUT2D eigenvalue weighted by Crippen LogP contribution is 2.16. The summed E-state index contributed by atoms with van der Waals surface area (Å²) in [4.78, 5) is 0. The molecule has 0 amide bonds. The fraction of sp³-hybridized carbons (Fsp3) is 0.600. The second-order valence-electron chi connectivity index (χ2n) is 5.76. The Morgan fingerprint density at radius 1 is 1.38 bits per heavy atom. The third-order valence-corrected chi connectivity index (χ3v) is 5.65. The molecule has 5 nitrogen and oxygen atoms in total. The van der Waals surface area contributed by atoms with Crippen molar-refractivity contribution in [3.8, 4) is 0 Å². The van der Waals surface area contributed by atoms with E-state index in [9.17, 15) is 8.42 Å². The maximum atomic E-state index is 12.4. The maximum absolute atomic E-state index is 12.4. The number of nitrogens with one attached hydrogen (secondary N) is 2. The molecule has 6 heteroatoms. The van der Waals surface area contributed by atoms with Gasteiger partial charge in [-0.05, 0) is 44.3 Å². The van der Waals surface area contributed by atoms with Gasteiger partial charge in [-0.15, -0.1) is 0 Å². The number of rotatable bonds is 6. The van der Waals surface area contributed by atoms with Crippen LogP contribution in [0.3, 0.4) is 0 Å². The van der Waals surface area contributed by atoms with Crippen molar-refractivity contribution in [2.24, 2.45) is 5.92 Å². The Bertz CT molecular complexity index is 527. The van der Waals surface area contributed by atoms with Gasteiger partial charge in [-0.25, -0.2) is 0 Å². The first kappa shape index (κ1) is 16.4. The molecule has 118 valence electrons. The summed E-state index contributed by atoms with van der Waals surface area (Å²) in [6.45, 7) is 4.24. The average molecular weight is 311 g/mol. The number of hydrogen-bond donors (Lipinski definition) is 2. The summed E-state index contributed by atoms with van der Waals surface area (Å²) in [6.07, 6.45) is 2.18. The molecule has 0 bridgehead atoms.